The van der Waals surface area contributed by atoms with E-state index in [1.807, 2.05) is 0 Å². The molecule has 0 heterocycles. The van der Waals surface area contributed by atoms with Crippen molar-refractivity contribution >= 4 is 0 Å². The van der Waals surface area contributed by atoms with Crippen LogP contribution in [0.3, 0.4) is 0 Å². The van der Waals surface area contributed by atoms with Crippen molar-refractivity contribution in [2.45, 2.75) is 60.3 Å². The van der Waals surface area contributed by atoms with Crippen LogP contribution >= 0.6 is 0 Å². The van der Waals surface area contributed by atoms with Gasteiger partial charge in [-0.3, -0.25) is 0 Å². The first kappa shape index (κ1) is 10.2. The van der Waals surface area contributed by atoms with Crippen LogP contribution in [-0.4, -0.2) is 0 Å². The lowest BCUT2D eigenvalue weighted by atomic mass is 9.59. The SMILES string of the molecule is C[C@@H]1CCC2C(C)(C)C3(C)CC[C@@]21[C@@H]3C. The van der Waals surface area contributed by atoms with Gasteiger partial charge in [-0.1, -0.05) is 34.6 Å². The second kappa shape index (κ2) is 2.46. The van der Waals surface area contributed by atoms with E-state index in [4.69, 9.17) is 0 Å². The Bertz CT molecular complexity index is 303. The zero-order valence-corrected chi connectivity index (χ0v) is 11.1. The molecule has 0 nitrogen and oxygen atoms in total. The average Bonchev–Trinajstić information content (AvgIpc) is 2.67. The van der Waals surface area contributed by atoms with Gasteiger partial charge >= 0.3 is 0 Å². The number of fused-ring (bicyclic) bond motifs is 1. The van der Waals surface area contributed by atoms with Gasteiger partial charge in [0.15, 0.2) is 0 Å². The summed E-state index contributed by atoms with van der Waals surface area (Å²) < 4.78 is 0. The molecule has 3 rings (SSSR count). The van der Waals surface area contributed by atoms with E-state index in [0.717, 1.165) is 23.2 Å². The first-order valence-electron chi connectivity index (χ1n) is 6.87. The topological polar surface area (TPSA) is 0 Å². The Morgan fingerprint density at radius 3 is 2.20 bits per heavy atom. The maximum atomic E-state index is 2.58. The van der Waals surface area contributed by atoms with Crippen LogP contribution in [0.25, 0.3) is 0 Å². The molecule has 2 bridgehead atoms. The highest BCUT2D eigenvalue weighted by molar-refractivity contribution is 5.22. The summed E-state index contributed by atoms with van der Waals surface area (Å²) in [6, 6.07) is 0. The molecular formula is C15H26. The quantitative estimate of drug-likeness (QED) is 0.547. The van der Waals surface area contributed by atoms with Crippen LogP contribution in [-0.2, 0) is 0 Å². The van der Waals surface area contributed by atoms with Gasteiger partial charge in [-0.05, 0) is 59.7 Å². The summed E-state index contributed by atoms with van der Waals surface area (Å²) >= 11 is 0. The minimum atomic E-state index is 0.593. The van der Waals surface area contributed by atoms with Gasteiger partial charge in [0.05, 0.1) is 0 Å². The van der Waals surface area contributed by atoms with Crippen LogP contribution in [0.15, 0.2) is 0 Å². The molecule has 0 N–H and O–H groups in total. The molecule has 0 aromatic heterocycles. The molecule has 86 valence electrons. The fourth-order valence-corrected chi connectivity index (χ4v) is 6.26. The third kappa shape index (κ3) is 0.775. The van der Waals surface area contributed by atoms with Gasteiger partial charge in [-0.2, -0.15) is 0 Å². The van der Waals surface area contributed by atoms with Crippen molar-refractivity contribution in [3.05, 3.63) is 0 Å². The van der Waals surface area contributed by atoms with E-state index < -0.39 is 0 Å². The summed E-state index contributed by atoms with van der Waals surface area (Å²) in [6.45, 7) is 12.8. The molecule has 0 aromatic carbocycles. The standard InChI is InChI=1S/C15H26/c1-10-6-7-12-13(3,4)14(5)8-9-15(10,12)11(14)2/h10-12H,6-9H2,1-5H3/t10-,11-,12?,14?,15-/m1/s1. The molecule has 1 spiro atoms. The Labute approximate surface area is 94.8 Å². The first-order chi connectivity index (χ1) is 6.87. The van der Waals surface area contributed by atoms with Gasteiger partial charge in [0.2, 0.25) is 0 Å². The lowest BCUT2D eigenvalue weighted by molar-refractivity contribution is 0.0277. The van der Waals surface area contributed by atoms with E-state index >= 15 is 0 Å². The largest absolute Gasteiger partial charge is 0.0620 e. The summed E-state index contributed by atoms with van der Waals surface area (Å²) in [7, 11) is 0. The average molecular weight is 206 g/mol. The van der Waals surface area contributed by atoms with Crippen LogP contribution in [0.5, 0.6) is 0 Å². The molecule has 5 atom stereocenters. The third-order valence-electron chi connectivity index (χ3n) is 7.64. The van der Waals surface area contributed by atoms with Crippen LogP contribution in [0.4, 0.5) is 0 Å². The molecule has 0 radical (unpaired) electrons. The summed E-state index contributed by atoms with van der Waals surface area (Å²) in [5.74, 6) is 2.97. The summed E-state index contributed by atoms with van der Waals surface area (Å²) in [4.78, 5) is 0. The van der Waals surface area contributed by atoms with Crippen molar-refractivity contribution < 1.29 is 0 Å². The lowest BCUT2D eigenvalue weighted by Crippen LogP contribution is -2.39. The van der Waals surface area contributed by atoms with Crippen molar-refractivity contribution in [2.75, 3.05) is 0 Å². The van der Waals surface area contributed by atoms with E-state index in [1.165, 1.54) is 25.7 Å². The van der Waals surface area contributed by atoms with Gasteiger partial charge in [0.1, 0.15) is 0 Å². The maximum absolute atomic E-state index is 2.58. The van der Waals surface area contributed by atoms with E-state index in [2.05, 4.69) is 34.6 Å². The van der Waals surface area contributed by atoms with Crippen molar-refractivity contribution in [3.63, 3.8) is 0 Å². The molecule has 0 aliphatic heterocycles. The molecule has 3 aliphatic rings. The fraction of sp³-hybridized carbons (Fsp3) is 1.00. The molecule has 3 aliphatic carbocycles. The molecule has 15 heavy (non-hydrogen) atoms. The van der Waals surface area contributed by atoms with E-state index in [9.17, 15) is 0 Å². The van der Waals surface area contributed by atoms with Crippen molar-refractivity contribution in [1.82, 2.24) is 0 Å². The van der Waals surface area contributed by atoms with Crippen LogP contribution in [0.2, 0.25) is 0 Å². The summed E-state index contributed by atoms with van der Waals surface area (Å²) in [5.41, 5.74) is 1.96. The second-order valence-electron chi connectivity index (χ2n) is 7.50. The fourth-order valence-electron chi connectivity index (χ4n) is 6.26. The zero-order valence-electron chi connectivity index (χ0n) is 11.1. The Balaban J connectivity index is 2.17. The van der Waals surface area contributed by atoms with Crippen LogP contribution in [0.1, 0.15) is 60.3 Å². The Morgan fingerprint density at radius 2 is 1.60 bits per heavy atom. The summed E-state index contributed by atoms with van der Waals surface area (Å²) in [5, 5.41) is 0. The minimum absolute atomic E-state index is 0.593. The zero-order chi connectivity index (χ0) is 11.1. The van der Waals surface area contributed by atoms with E-state index in [0.29, 0.717) is 10.8 Å². The predicted octanol–water partition coefficient (Wildman–Crippen LogP) is 4.49. The highest BCUT2D eigenvalue weighted by Gasteiger charge is 2.73. The van der Waals surface area contributed by atoms with Gasteiger partial charge in [0, 0.05) is 0 Å². The molecule has 0 aromatic rings. The molecule has 3 fully saturated rings. The second-order valence-corrected chi connectivity index (χ2v) is 7.50. The van der Waals surface area contributed by atoms with Crippen molar-refractivity contribution in [3.8, 4) is 0 Å². The highest BCUT2D eigenvalue weighted by atomic mass is 14.8. The van der Waals surface area contributed by atoms with Crippen molar-refractivity contribution in [2.24, 2.45) is 34.0 Å². The Kier molecular flexibility index (Phi) is 1.67. The molecule has 2 unspecified atom stereocenters. The van der Waals surface area contributed by atoms with Gasteiger partial charge in [-0.25, -0.2) is 0 Å². The normalized spacial score (nSPS) is 61.0. The number of rotatable bonds is 0. The number of hydrogen-bond acceptors (Lipinski definition) is 0. The van der Waals surface area contributed by atoms with E-state index in [1.54, 1.807) is 0 Å². The Hall–Kier alpha value is 0. The van der Waals surface area contributed by atoms with Gasteiger partial charge in [-0.15, -0.1) is 0 Å². The highest BCUT2D eigenvalue weighted by Crippen LogP contribution is 2.80. The van der Waals surface area contributed by atoms with E-state index in [-0.39, 0.29) is 0 Å². The predicted molar refractivity (Wildman–Crippen MR) is 64.6 cm³/mol. The first-order valence-corrected chi connectivity index (χ1v) is 6.87. The monoisotopic (exact) mass is 206 g/mol. The number of hydrogen-bond donors (Lipinski definition) is 0. The molecule has 0 saturated heterocycles. The Morgan fingerprint density at radius 1 is 0.933 bits per heavy atom. The van der Waals surface area contributed by atoms with Crippen LogP contribution in [0, 0.1) is 34.0 Å². The molecule has 0 heteroatoms. The smallest absolute Gasteiger partial charge is 0.0207 e. The minimum Gasteiger partial charge on any atom is -0.0620 e. The lowest BCUT2D eigenvalue weighted by Gasteiger charge is -2.46. The molecule has 3 saturated carbocycles. The molecular weight excluding hydrogens is 180 g/mol. The maximum Gasteiger partial charge on any atom is -0.0207 e. The third-order valence-corrected chi connectivity index (χ3v) is 7.64. The van der Waals surface area contributed by atoms with Crippen LogP contribution < -0.4 is 0 Å². The summed E-state index contributed by atoms with van der Waals surface area (Å²) in [6.07, 6.45) is 6.02. The van der Waals surface area contributed by atoms with Crippen molar-refractivity contribution in [1.29, 1.82) is 0 Å². The van der Waals surface area contributed by atoms with Gasteiger partial charge < -0.3 is 0 Å². The molecule has 0 amide bonds. The van der Waals surface area contributed by atoms with Gasteiger partial charge in [0.25, 0.3) is 0 Å².